The van der Waals surface area contributed by atoms with Gasteiger partial charge in [0, 0.05) is 12.8 Å². The SMILES string of the molecule is CCCCCCCCCCCCCCCCCC(=O)OCC(CC)(CO)COC(=O)CCCCCCCCCCC. The number of rotatable bonds is 32. The first-order chi connectivity index (χ1) is 20.0. The van der Waals surface area contributed by atoms with Gasteiger partial charge in [-0.25, -0.2) is 0 Å². The Balaban J connectivity index is 3.78. The van der Waals surface area contributed by atoms with E-state index in [4.69, 9.17) is 9.47 Å². The first kappa shape index (κ1) is 39.9. The van der Waals surface area contributed by atoms with E-state index in [9.17, 15) is 14.7 Å². The monoisotopic (exact) mass is 583 g/mol. The van der Waals surface area contributed by atoms with E-state index in [0.29, 0.717) is 19.3 Å². The van der Waals surface area contributed by atoms with Crippen molar-refractivity contribution >= 4 is 11.9 Å². The Bertz CT molecular complexity index is 572. The van der Waals surface area contributed by atoms with Gasteiger partial charge in [0.15, 0.2) is 0 Å². The summed E-state index contributed by atoms with van der Waals surface area (Å²) in [6.07, 6.45) is 31.8. The molecule has 1 atom stereocenters. The normalized spacial score (nSPS) is 12.8. The van der Waals surface area contributed by atoms with E-state index < -0.39 is 5.41 Å². The van der Waals surface area contributed by atoms with Crippen LogP contribution in [0.2, 0.25) is 0 Å². The van der Waals surface area contributed by atoms with E-state index in [-0.39, 0.29) is 31.8 Å². The van der Waals surface area contributed by atoms with Crippen LogP contribution in [0.4, 0.5) is 0 Å². The molecule has 0 saturated heterocycles. The van der Waals surface area contributed by atoms with E-state index >= 15 is 0 Å². The Morgan fingerprint density at radius 1 is 0.463 bits per heavy atom. The van der Waals surface area contributed by atoms with E-state index in [1.165, 1.54) is 128 Å². The van der Waals surface area contributed by atoms with Gasteiger partial charge in [-0.1, -0.05) is 162 Å². The largest absolute Gasteiger partial charge is 0.465 e. The third-order valence-electron chi connectivity index (χ3n) is 8.63. The molecule has 0 saturated carbocycles. The van der Waals surface area contributed by atoms with Crippen molar-refractivity contribution in [2.24, 2.45) is 5.41 Å². The second kappa shape index (κ2) is 30.4. The molecule has 0 aromatic carbocycles. The van der Waals surface area contributed by atoms with Crippen LogP contribution in [0.15, 0.2) is 0 Å². The maximum Gasteiger partial charge on any atom is 0.305 e. The van der Waals surface area contributed by atoms with E-state index in [1.807, 2.05) is 6.92 Å². The van der Waals surface area contributed by atoms with Crippen molar-refractivity contribution in [3.05, 3.63) is 0 Å². The predicted octanol–water partition coefficient (Wildman–Crippen LogP) is 10.6. The number of carbonyl (C=O) groups excluding carboxylic acids is 2. The van der Waals surface area contributed by atoms with Crippen LogP contribution < -0.4 is 0 Å². The molecule has 5 nitrogen and oxygen atoms in total. The zero-order valence-electron chi connectivity index (χ0n) is 27.8. The lowest BCUT2D eigenvalue weighted by atomic mass is 9.88. The van der Waals surface area contributed by atoms with Crippen LogP contribution in [-0.4, -0.2) is 36.9 Å². The van der Waals surface area contributed by atoms with E-state index in [0.717, 1.165) is 25.7 Å². The highest BCUT2D eigenvalue weighted by Gasteiger charge is 2.31. The summed E-state index contributed by atoms with van der Waals surface area (Å²) in [5.74, 6) is -0.435. The highest BCUT2D eigenvalue weighted by Crippen LogP contribution is 2.24. The van der Waals surface area contributed by atoms with Gasteiger partial charge in [-0.05, 0) is 19.3 Å². The average molecular weight is 583 g/mol. The fraction of sp³-hybridized carbons (Fsp3) is 0.944. The van der Waals surface area contributed by atoms with Gasteiger partial charge in [-0.3, -0.25) is 9.59 Å². The van der Waals surface area contributed by atoms with Gasteiger partial charge in [0.25, 0.3) is 0 Å². The molecule has 0 amide bonds. The van der Waals surface area contributed by atoms with Crippen molar-refractivity contribution in [1.82, 2.24) is 0 Å². The second-order valence-electron chi connectivity index (χ2n) is 12.6. The molecule has 0 bridgehead atoms. The van der Waals surface area contributed by atoms with Gasteiger partial charge in [0.2, 0.25) is 0 Å². The molecular formula is C36H70O5. The Hall–Kier alpha value is -1.10. The van der Waals surface area contributed by atoms with Crippen molar-refractivity contribution in [1.29, 1.82) is 0 Å². The lowest BCUT2D eigenvalue weighted by Gasteiger charge is -2.29. The third-order valence-corrected chi connectivity index (χ3v) is 8.63. The van der Waals surface area contributed by atoms with E-state index in [1.54, 1.807) is 0 Å². The summed E-state index contributed by atoms with van der Waals surface area (Å²) >= 11 is 0. The van der Waals surface area contributed by atoms with Crippen LogP contribution in [0.1, 0.15) is 194 Å². The fourth-order valence-corrected chi connectivity index (χ4v) is 5.28. The molecule has 41 heavy (non-hydrogen) atoms. The third kappa shape index (κ3) is 26.3. The smallest absolute Gasteiger partial charge is 0.305 e. The molecule has 244 valence electrons. The second-order valence-corrected chi connectivity index (χ2v) is 12.6. The number of aliphatic hydroxyl groups excluding tert-OH is 1. The summed E-state index contributed by atoms with van der Waals surface area (Å²) in [4.78, 5) is 24.5. The zero-order chi connectivity index (χ0) is 30.3. The Morgan fingerprint density at radius 3 is 0.976 bits per heavy atom. The van der Waals surface area contributed by atoms with Crippen LogP contribution in [0.5, 0.6) is 0 Å². The lowest BCUT2D eigenvalue weighted by Crippen LogP contribution is -2.37. The summed E-state index contributed by atoms with van der Waals surface area (Å²) in [6, 6.07) is 0. The quantitative estimate of drug-likeness (QED) is 0.0631. The summed E-state index contributed by atoms with van der Waals surface area (Å²) in [5, 5.41) is 9.99. The van der Waals surface area contributed by atoms with Gasteiger partial charge < -0.3 is 14.6 Å². The van der Waals surface area contributed by atoms with Crippen LogP contribution in [0.25, 0.3) is 0 Å². The molecule has 0 radical (unpaired) electrons. The Morgan fingerprint density at radius 2 is 0.732 bits per heavy atom. The first-order valence-corrected chi connectivity index (χ1v) is 18.0. The molecule has 5 heteroatoms. The number of ether oxygens (including phenoxy) is 2. The zero-order valence-corrected chi connectivity index (χ0v) is 27.8. The maximum atomic E-state index is 12.3. The molecule has 0 aromatic heterocycles. The van der Waals surface area contributed by atoms with Crippen molar-refractivity contribution in [3.63, 3.8) is 0 Å². The molecule has 0 aliphatic heterocycles. The first-order valence-electron chi connectivity index (χ1n) is 18.0. The Kier molecular flexibility index (Phi) is 29.5. The Labute approximate surface area is 255 Å². The summed E-state index contributed by atoms with van der Waals surface area (Å²) in [7, 11) is 0. The molecule has 0 spiro atoms. The average Bonchev–Trinajstić information content (AvgIpc) is 2.98. The number of aliphatic hydroxyl groups is 1. The van der Waals surface area contributed by atoms with Gasteiger partial charge in [-0.2, -0.15) is 0 Å². The summed E-state index contributed by atoms with van der Waals surface area (Å²) < 4.78 is 11.0. The molecule has 0 fully saturated rings. The number of esters is 2. The molecule has 0 aliphatic carbocycles. The minimum Gasteiger partial charge on any atom is -0.465 e. The molecular weight excluding hydrogens is 512 g/mol. The van der Waals surface area contributed by atoms with Gasteiger partial charge in [-0.15, -0.1) is 0 Å². The topological polar surface area (TPSA) is 72.8 Å². The standard InChI is InChI=1S/C36H70O5/c1-4-7-9-11-13-15-16-17-18-19-20-22-24-26-28-30-35(39)41-33-36(6-3,31-37)32-40-34(38)29-27-25-23-21-14-12-10-8-5-2/h37H,4-33H2,1-3H3. The number of hydrogen-bond donors (Lipinski definition) is 1. The maximum absolute atomic E-state index is 12.3. The number of hydrogen-bond acceptors (Lipinski definition) is 5. The van der Waals surface area contributed by atoms with Crippen LogP contribution in [-0.2, 0) is 19.1 Å². The van der Waals surface area contributed by atoms with Crippen molar-refractivity contribution in [2.45, 2.75) is 194 Å². The van der Waals surface area contributed by atoms with Crippen molar-refractivity contribution < 1.29 is 24.2 Å². The predicted molar refractivity (Wildman–Crippen MR) is 173 cm³/mol. The minimum atomic E-state index is -0.709. The molecule has 0 aliphatic rings. The summed E-state index contributed by atoms with van der Waals surface area (Å²) in [6.45, 7) is 6.48. The van der Waals surface area contributed by atoms with Gasteiger partial charge >= 0.3 is 11.9 Å². The lowest BCUT2D eigenvalue weighted by molar-refractivity contribution is -0.156. The summed E-state index contributed by atoms with van der Waals surface area (Å²) in [5.41, 5.74) is -0.709. The van der Waals surface area contributed by atoms with Crippen LogP contribution >= 0.6 is 0 Å². The highest BCUT2D eigenvalue weighted by atomic mass is 16.5. The van der Waals surface area contributed by atoms with Crippen molar-refractivity contribution in [3.8, 4) is 0 Å². The van der Waals surface area contributed by atoms with Gasteiger partial charge in [0.1, 0.15) is 13.2 Å². The minimum absolute atomic E-state index is 0.0997. The number of carbonyl (C=O) groups is 2. The molecule has 0 rings (SSSR count). The highest BCUT2D eigenvalue weighted by molar-refractivity contribution is 5.69. The van der Waals surface area contributed by atoms with Crippen molar-refractivity contribution in [2.75, 3.05) is 19.8 Å². The molecule has 0 heterocycles. The van der Waals surface area contributed by atoms with Crippen LogP contribution in [0, 0.1) is 5.41 Å². The molecule has 1 unspecified atom stereocenters. The number of unbranched alkanes of at least 4 members (excludes halogenated alkanes) is 22. The van der Waals surface area contributed by atoms with E-state index in [2.05, 4.69) is 13.8 Å². The molecule has 1 N–H and O–H groups in total. The molecule has 0 aromatic rings. The van der Waals surface area contributed by atoms with Gasteiger partial charge in [0.05, 0.1) is 12.0 Å². The van der Waals surface area contributed by atoms with Crippen LogP contribution in [0.3, 0.4) is 0 Å². The fourth-order valence-electron chi connectivity index (χ4n) is 5.28.